The van der Waals surface area contributed by atoms with E-state index in [2.05, 4.69) is 32.9 Å². The molecular formula is C15H24O2. The Bertz CT molecular complexity index is 337. The van der Waals surface area contributed by atoms with Crippen molar-refractivity contribution in [3.05, 3.63) is 29.8 Å². The second kappa shape index (κ2) is 6.06. The van der Waals surface area contributed by atoms with Crippen LogP contribution in [-0.4, -0.2) is 17.8 Å². The summed E-state index contributed by atoms with van der Waals surface area (Å²) in [5.41, 5.74) is 1.43. The van der Waals surface area contributed by atoms with Crippen LogP contribution in [0.25, 0.3) is 0 Å². The maximum atomic E-state index is 9.14. The van der Waals surface area contributed by atoms with Gasteiger partial charge in [0.05, 0.1) is 12.7 Å². The molecule has 0 saturated carbocycles. The van der Waals surface area contributed by atoms with Gasteiger partial charge in [-0.2, -0.15) is 0 Å². The van der Waals surface area contributed by atoms with Crippen LogP contribution in [0.1, 0.15) is 46.1 Å². The first-order valence-corrected chi connectivity index (χ1v) is 6.31. The fourth-order valence-corrected chi connectivity index (χ4v) is 1.62. The molecule has 0 spiro atoms. The zero-order valence-corrected chi connectivity index (χ0v) is 11.4. The van der Waals surface area contributed by atoms with Crippen molar-refractivity contribution in [1.82, 2.24) is 0 Å². The Balaban J connectivity index is 2.49. The molecule has 1 N–H and O–H groups in total. The molecule has 1 atom stereocenters. The monoisotopic (exact) mass is 236 g/mol. The number of hydrogen-bond acceptors (Lipinski definition) is 2. The van der Waals surface area contributed by atoms with Crippen LogP contribution in [-0.2, 0) is 5.41 Å². The lowest BCUT2D eigenvalue weighted by Gasteiger charge is -2.19. The van der Waals surface area contributed by atoms with E-state index in [-0.39, 0.29) is 11.5 Å². The summed E-state index contributed by atoms with van der Waals surface area (Å²) in [6, 6.07) is 8.24. The van der Waals surface area contributed by atoms with E-state index in [1.54, 1.807) is 6.92 Å². The molecule has 0 aliphatic rings. The maximum absolute atomic E-state index is 9.14. The van der Waals surface area contributed by atoms with Gasteiger partial charge in [-0.1, -0.05) is 32.9 Å². The van der Waals surface area contributed by atoms with Gasteiger partial charge in [-0.15, -0.1) is 0 Å². The highest BCUT2D eigenvalue weighted by Crippen LogP contribution is 2.25. The molecule has 2 nitrogen and oxygen atoms in total. The van der Waals surface area contributed by atoms with Crippen LogP contribution in [0.5, 0.6) is 5.75 Å². The average Bonchev–Trinajstić information content (AvgIpc) is 2.23. The summed E-state index contributed by atoms with van der Waals surface area (Å²) in [4.78, 5) is 0. The number of aliphatic hydroxyl groups is 1. The Morgan fingerprint density at radius 2 is 2.00 bits per heavy atom. The lowest BCUT2D eigenvalue weighted by molar-refractivity contribution is 0.170. The van der Waals surface area contributed by atoms with E-state index in [1.807, 2.05) is 12.1 Å². The first kappa shape index (κ1) is 14.0. The van der Waals surface area contributed by atoms with E-state index < -0.39 is 0 Å². The topological polar surface area (TPSA) is 29.5 Å². The van der Waals surface area contributed by atoms with Crippen molar-refractivity contribution >= 4 is 0 Å². The van der Waals surface area contributed by atoms with E-state index in [9.17, 15) is 0 Å². The average molecular weight is 236 g/mol. The molecule has 0 fully saturated rings. The van der Waals surface area contributed by atoms with Gasteiger partial charge in [-0.05, 0) is 42.9 Å². The van der Waals surface area contributed by atoms with Crippen LogP contribution in [0.3, 0.4) is 0 Å². The van der Waals surface area contributed by atoms with Crippen molar-refractivity contribution < 1.29 is 9.84 Å². The van der Waals surface area contributed by atoms with E-state index in [1.165, 1.54) is 5.56 Å². The molecule has 0 aromatic heterocycles. The van der Waals surface area contributed by atoms with Crippen molar-refractivity contribution in [3.8, 4) is 5.75 Å². The minimum atomic E-state index is -0.237. The van der Waals surface area contributed by atoms with Crippen LogP contribution in [0.2, 0.25) is 0 Å². The van der Waals surface area contributed by atoms with E-state index in [4.69, 9.17) is 9.84 Å². The molecule has 1 unspecified atom stereocenters. The first-order chi connectivity index (χ1) is 7.89. The minimum Gasteiger partial charge on any atom is -0.494 e. The van der Waals surface area contributed by atoms with Crippen molar-refractivity contribution in [1.29, 1.82) is 0 Å². The van der Waals surface area contributed by atoms with Gasteiger partial charge >= 0.3 is 0 Å². The maximum Gasteiger partial charge on any atom is 0.119 e. The number of hydrogen-bond donors (Lipinski definition) is 1. The normalized spacial score (nSPS) is 13.5. The predicted molar refractivity (Wildman–Crippen MR) is 71.6 cm³/mol. The number of rotatable bonds is 5. The van der Waals surface area contributed by atoms with Crippen molar-refractivity contribution in [2.45, 2.75) is 52.1 Å². The van der Waals surface area contributed by atoms with Crippen molar-refractivity contribution in [3.63, 3.8) is 0 Å². The second-order valence-electron chi connectivity index (χ2n) is 5.62. The third-order valence-corrected chi connectivity index (χ3v) is 2.74. The van der Waals surface area contributed by atoms with Crippen LogP contribution < -0.4 is 4.74 Å². The molecule has 1 aromatic carbocycles. The fourth-order valence-electron chi connectivity index (χ4n) is 1.62. The second-order valence-corrected chi connectivity index (χ2v) is 5.62. The summed E-state index contributed by atoms with van der Waals surface area (Å²) < 4.78 is 5.68. The SMILES string of the molecule is CC(O)CCCOc1cccc(C(C)(C)C)c1. The summed E-state index contributed by atoms with van der Waals surface area (Å²) in [5, 5.41) is 9.14. The van der Waals surface area contributed by atoms with Gasteiger partial charge in [0.1, 0.15) is 5.75 Å². The van der Waals surface area contributed by atoms with Crippen LogP contribution >= 0.6 is 0 Å². The van der Waals surface area contributed by atoms with E-state index in [0.717, 1.165) is 18.6 Å². The van der Waals surface area contributed by atoms with E-state index in [0.29, 0.717) is 6.61 Å². The minimum absolute atomic E-state index is 0.152. The van der Waals surface area contributed by atoms with Gasteiger partial charge < -0.3 is 9.84 Å². The van der Waals surface area contributed by atoms with Gasteiger partial charge in [0.2, 0.25) is 0 Å². The molecule has 2 heteroatoms. The molecule has 0 heterocycles. The molecule has 0 aliphatic carbocycles. The van der Waals surface area contributed by atoms with Crippen LogP contribution in [0.4, 0.5) is 0 Å². The number of aliphatic hydroxyl groups excluding tert-OH is 1. The standard InChI is InChI=1S/C15H24O2/c1-12(16)7-6-10-17-14-9-5-8-13(11-14)15(2,3)4/h5,8-9,11-12,16H,6-7,10H2,1-4H3. The summed E-state index contributed by atoms with van der Waals surface area (Å²) in [7, 11) is 0. The highest BCUT2D eigenvalue weighted by molar-refractivity contribution is 5.32. The van der Waals surface area contributed by atoms with Crippen LogP contribution in [0.15, 0.2) is 24.3 Å². The molecule has 1 aromatic rings. The third kappa shape index (κ3) is 5.22. The Labute approximate surface area is 105 Å². The molecule has 1 rings (SSSR count). The molecule has 17 heavy (non-hydrogen) atoms. The van der Waals surface area contributed by atoms with Gasteiger partial charge in [-0.3, -0.25) is 0 Å². The van der Waals surface area contributed by atoms with Gasteiger partial charge in [0.15, 0.2) is 0 Å². The highest BCUT2D eigenvalue weighted by Gasteiger charge is 2.13. The van der Waals surface area contributed by atoms with E-state index >= 15 is 0 Å². The number of benzene rings is 1. The lowest BCUT2D eigenvalue weighted by atomic mass is 9.87. The lowest BCUT2D eigenvalue weighted by Crippen LogP contribution is -2.11. The molecule has 0 bridgehead atoms. The first-order valence-electron chi connectivity index (χ1n) is 6.31. The third-order valence-electron chi connectivity index (χ3n) is 2.74. The Kier molecular flexibility index (Phi) is 5.01. The zero-order chi connectivity index (χ0) is 12.9. The van der Waals surface area contributed by atoms with Gasteiger partial charge in [0, 0.05) is 0 Å². The molecule has 0 radical (unpaired) electrons. The largest absolute Gasteiger partial charge is 0.494 e. The molecule has 96 valence electrons. The van der Waals surface area contributed by atoms with Crippen molar-refractivity contribution in [2.75, 3.05) is 6.61 Å². The Morgan fingerprint density at radius 3 is 2.59 bits per heavy atom. The predicted octanol–water partition coefficient (Wildman–Crippen LogP) is 3.52. The molecular weight excluding hydrogens is 212 g/mol. The van der Waals surface area contributed by atoms with Gasteiger partial charge in [0.25, 0.3) is 0 Å². The molecule has 0 saturated heterocycles. The summed E-state index contributed by atoms with van der Waals surface area (Å²) in [6.45, 7) is 9.05. The zero-order valence-electron chi connectivity index (χ0n) is 11.4. The number of ether oxygens (including phenoxy) is 1. The smallest absolute Gasteiger partial charge is 0.119 e. The molecule has 0 aliphatic heterocycles. The van der Waals surface area contributed by atoms with Crippen LogP contribution in [0, 0.1) is 0 Å². The Hall–Kier alpha value is -1.02. The summed E-state index contributed by atoms with van der Waals surface area (Å²) in [5.74, 6) is 0.919. The Morgan fingerprint density at radius 1 is 1.29 bits per heavy atom. The fraction of sp³-hybridized carbons (Fsp3) is 0.600. The quantitative estimate of drug-likeness (QED) is 0.793. The van der Waals surface area contributed by atoms with Crippen molar-refractivity contribution in [2.24, 2.45) is 0 Å². The van der Waals surface area contributed by atoms with Gasteiger partial charge in [-0.25, -0.2) is 0 Å². The summed E-state index contributed by atoms with van der Waals surface area (Å²) >= 11 is 0. The molecule has 0 amide bonds. The highest BCUT2D eigenvalue weighted by atomic mass is 16.5. The summed E-state index contributed by atoms with van der Waals surface area (Å²) in [6.07, 6.45) is 1.44.